The minimum atomic E-state index is -0.0990. The summed E-state index contributed by atoms with van der Waals surface area (Å²) in [5.41, 5.74) is 0.641. The molecule has 0 fully saturated rings. The van der Waals surface area contributed by atoms with Crippen molar-refractivity contribution in [1.29, 1.82) is 0 Å². The monoisotopic (exact) mass is 331 g/mol. The zero-order valence-electron chi connectivity index (χ0n) is 11.2. The fraction of sp³-hybridized carbons (Fsp3) is 0.500. The largest absolute Gasteiger partial charge is 0.351 e. The molecule has 0 saturated carbocycles. The van der Waals surface area contributed by atoms with E-state index in [4.69, 9.17) is 11.6 Å². The Bertz CT molecular complexity index is 443. The van der Waals surface area contributed by atoms with Crippen molar-refractivity contribution >= 4 is 33.4 Å². The van der Waals surface area contributed by atoms with Crippen LogP contribution in [0.2, 0.25) is 5.02 Å². The first-order valence-electron chi connectivity index (χ1n) is 5.97. The smallest absolute Gasteiger partial charge is 0.252 e. The summed E-state index contributed by atoms with van der Waals surface area (Å²) in [7, 11) is 0. The first-order valence-corrected chi connectivity index (χ1v) is 7.14. The van der Waals surface area contributed by atoms with Gasteiger partial charge in [-0.15, -0.1) is 0 Å². The number of hydrogen-bond donors (Lipinski definition) is 1. The molecule has 0 bridgehead atoms. The Morgan fingerprint density at radius 2 is 2.06 bits per heavy atom. The van der Waals surface area contributed by atoms with Crippen LogP contribution in [-0.2, 0) is 0 Å². The Kier molecular flexibility index (Phi) is 5.23. The van der Waals surface area contributed by atoms with Gasteiger partial charge < -0.3 is 5.32 Å². The fourth-order valence-electron chi connectivity index (χ4n) is 1.28. The van der Waals surface area contributed by atoms with Crippen LogP contribution in [0.1, 0.15) is 38.1 Å². The Labute approximate surface area is 122 Å². The molecule has 2 nitrogen and oxygen atoms in total. The molecular weight excluding hydrogens is 314 g/mol. The van der Waals surface area contributed by atoms with Gasteiger partial charge in [-0.1, -0.05) is 39.3 Å². The van der Waals surface area contributed by atoms with Gasteiger partial charge in [-0.25, -0.2) is 0 Å². The minimum absolute atomic E-state index is 0.0701. The first-order chi connectivity index (χ1) is 8.24. The van der Waals surface area contributed by atoms with Gasteiger partial charge in [0.15, 0.2) is 0 Å². The molecule has 0 aliphatic rings. The maximum absolute atomic E-state index is 12.1. The van der Waals surface area contributed by atoms with Gasteiger partial charge >= 0.3 is 0 Å². The number of hydrogen-bond acceptors (Lipinski definition) is 1. The number of amides is 1. The van der Waals surface area contributed by atoms with Crippen LogP contribution in [0.3, 0.4) is 0 Å². The standard InChI is InChI=1S/C14H19BrClNO/c1-9(2)14(3,4)8-17-13(18)11-7-10(16)5-6-12(11)15/h5-7,9H,8H2,1-4H3,(H,17,18). The molecule has 0 unspecified atom stereocenters. The van der Waals surface area contributed by atoms with Crippen molar-refractivity contribution < 1.29 is 4.79 Å². The van der Waals surface area contributed by atoms with E-state index in [0.717, 1.165) is 4.47 Å². The van der Waals surface area contributed by atoms with E-state index in [1.807, 2.05) is 0 Å². The molecule has 0 aromatic heterocycles. The highest BCUT2D eigenvalue weighted by Crippen LogP contribution is 2.25. The van der Waals surface area contributed by atoms with Crippen LogP contribution in [0.5, 0.6) is 0 Å². The Balaban J connectivity index is 2.75. The van der Waals surface area contributed by atoms with Crippen LogP contribution in [0, 0.1) is 11.3 Å². The Morgan fingerprint density at radius 3 is 2.61 bits per heavy atom. The maximum Gasteiger partial charge on any atom is 0.252 e. The van der Waals surface area contributed by atoms with E-state index < -0.39 is 0 Å². The van der Waals surface area contributed by atoms with E-state index in [2.05, 4.69) is 48.9 Å². The molecule has 1 N–H and O–H groups in total. The van der Waals surface area contributed by atoms with E-state index in [9.17, 15) is 4.79 Å². The van der Waals surface area contributed by atoms with Crippen LogP contribution in [-0.4, -0.2) is 12.5 Å². The molecule has 0 radical (unpaired) electrons. The normalized spacial score (nSPS) is 11.7. The lowest BCUT2D eigenvalue weighted by molar-refractivity contribution is 0.0924. The van der Waals surface area contributed by atoms with E-state index >= 15 is 0 Å². The highest BCUT2D eigenvalue weighted by Gasteiger charge is 2.23. The van der Waals surface area contributed by atoms with E-state index in [-0.39, 0.29) is 11.3 Å². The Hall–Kier alpha value is -0.540. The minimum Gasteiger partial charge on any atom is -0.351 e. The highest BCUT2D eigenvalue weighted by atomic mass is 79.9. The van der Waals surface area contributed by atoms with Crippen LogP contribution < -0.4 is 5.32 Å². The van der Waals surface area contributed by atoms with Gasteiger partial charge in [0.2, 0.25) is 0 Å². The second-order valence-corrected chi connectivity index (χ2v) is 6.74. The van der Waals surface area contributed by atoms with Crippen LogP contribution in [0.25, 0.3) is 0 Å². The van der Waals surface area contributed by atoms with Crippen LogP contribution in [0.15, 0.2) is 22.7 Å². The number of rotatable bonds is 4. The lowest BCUT2D eigenvalue weighted by atomic mass is 9.81. The quantitative estimate of drug-likeness (QED) is 0.863. The van der Waals surface area contributed by atoms with Gasteiger partial charge in [0.05, 0.1) is 5.56 Å². The molecule has 0 atom stereocenters. The van der Waals surface area contributed by atoms with Gasteiger partial charge in [-0.3, -0.25) is 4.79 Å². The summed E-state index contributed by atoms with van der Waals surface area (Å²) in [6.07, 6.45) is 0. The first kappa shape index (κ1) is 15.5. The molecule has 1 aromatic rings. The summed E-state index contributed by atoms with van der Waals surface area (Å²) in [5.74, 6) is 0.402. The van der Waals surface area contributed by atoms with Gasteiger partial charge in [0.1, 0.15) is 0 Å². The predicted octanol–water partition coefficient (Wildman–Crippen LogP) is 4.51. The van der Waals surface area contributed by atoms with Crippen molar-refractivity contribution in [3.63, 3.8) is 0 Å². The fourth-order valence-corrected chi connectivity index (χ4v) is 1.88. The van der Waals surface area contributed by atoms with E-state index in [1.54, 1.807) is 18.2 Å². The number of benzene rings is 1. The lowest BCUT2D eigenvalue weighted by Crippen LogP contribution is -2.37. The molecule has 1 aromatic carbocycles. The highest BCUT2D eigenvalue weighted by molar-refractivity contribution is 9.10. The molecule has 1 rings (SSSR count). The summed E-state index contributed by atoms with van der Waals surface area (Å²) >= 11 is 9.26. The van der Waals surface area contributed by atoms with Crippen molar-refractivity contribution in [1.82, 2.24) is 5.32 Å². The lowest BCUT2D eigenvalue weighted by Gasteiger charge is -2.29. The van der Waals surface area contributed by atoms with Gasteiger partial charge in [0, 0.05) is 16.0 Å². The van der Waals surface area contributed by atoms with Gasteiger partial charge in [-0.05, 0) is 45.5 Å². The third-order valence-electron chi connectivity index (χ3n) is 3.44. The maximum atomic E-state index is 12.1. The summed E-state index contributed by atoms with van der Waals surface area (Å²) in [6.45, 7) is 9.24. The van der Waals surface area contributed by atoms with E-state index in [0.29, 0.717) is 23.0 Å². The summed E-state index contributed by atoms with van der Waals surface area (Å²) < 4.78 is 0.756. The summed E-state index contributed by atoms with van der Waals surface area (Å²) in [6, 6.07) is 5.20. The number of carbonyl (C=O) groups is 1. The molecule has 0 spiro atoms. The second kappa shape index (κ2) is 6.07. The summed E-state index contributed by atoms with van der Waals surface area (Å²) in [4.78, 5) is 12.1. The molecule has 0 aliphatic heterocycles. The number of nitrogens with one attached hydrogen (secondary N) is 1. The molecule has 0 aliphatic carbocycles. The average molecular weight is 333 g/mol. The van der Waals surface area contributed by atoms with Crippen molar-refractivity contribution in [3.05, 3.63) is 33.3 Å². The second-order valence-electron chi connectivity index (χ2n) is 5.45. The third kappa shape index (κ3) is 3.99. The van der Waals surface area contributed by atoms with E-state index in [1.165, 1.54) is 0 Å². The van der Waals surface area contributed by atoms with Crippen LogP contribution in [0.4, 0.5) is 0 Å². The molecular formula is C14H19BrClNO. The van der Waals surface area contributed by atoms with Crippen LogP contribution >= 0.6 is 27.5 Å². The molecule has 1 amide bonds. The molecule has 100 valence electrons. The molecule has 18 heavy (non-hydrogen) atoms. The zero-order valence-corrected chi connectivity index (χ0v) is 13.5. The zero-order chi connectivity index (χ0) is 13.9. The van der Waals surface area contributed by atoms with Crippen molar-refractivity contribution in [2.45, 2.75) is 27.7 Å². The average Bonchev–Trinajstić information content (AvgIpc) is 2.29. The van der Waals surface area contributed by atoms with Gasteiger partial charge in [-0.2, -0.15) is 0 Å². The molecule has 0 saturated heterocycles. The molecule has 4 heteroatoms. The predicted molar refractivity (Wildman–Crippen MR) is 80.1 cm³/mol. The topological polar surface area (TPSA) is 29.1 Å². The summed E-state index contributed by atoms with van der Waals surface area (Å²) in [5, 5.41) is 3.52. The third-order valence-corrected chi connectivity index (χ3v) is 4.37. The Morgan fingerprint density at radius 1 is 1.44 bits per heavy atom. The van der Waals surface area contributed by atoms with Gasteiger partial charge in [0.25, 0.3) is 5.91 Å². The number of carbonyl (C=O) groups excluding carboxylic acids is 1. The van der Waals surface area contributed by atoms with Crippen molar-refractivity contribution in [2.75, 3.05) is 6.54 Å². The van der Waals surface area contributed by atoms with Crippen molar-refractivity contribution in [2.24, 2.45) is 11.3 Å². The SMILES string of the molecule is CC(C)C(C)(C)CNC(=O)c1cc(Cl)ccc1Br. The van der Waals surface area contributed by atoms with Crippen molar-refractivity contribution in [3.8, 4) is 0 Å². The molecule has 0 heterocycles. The number of halogens is 2.